The zero-order chi connectivity index (χ0) is 24.3. The molecule has 5 fully saturated rings. The largest absolute Gasteiger partial charge is 1.00 e. The second-order valence-electron chi connectivity index (χ2n) is 11.5. The van der Waals surface area contributed by atoms with Gasteiger partial charge in [0.2, 0.25) is 5.95 Å². The summed E-state index contributed by atoms with van der Waals surface area (Å²) in [6.07, 6.45) is 15.2. The zero-order valence-electron chi connectivity index (χ0n) is 21.2. The second-order valence-corrected chi connectivity index (χ2v) is 11.5. The summed E-state index contributed by atoms with van der Waals surface area (Å²) >= 11 is 0. The number of anilines is 1. The fourth-order valence-electron chi connectivity index (χ4n) is 7.39. The first-order valence-electron chi connectivity index (χ1n) is 13.8. The van der Waals surface area contributed by atoms with E-state index < -0.39 is 5.60 Å². The van der Waals surface area contributed by atoms with E-state index in [0.29, 0.717) is 29.4 Å². The van der Waals surface area contributed by atoms with Gasteiger partial charge >= 0.3 is 5.97 Å². The molecule has 200 valence electrons. The second kappa shape index (κ2) is 11.9. The number of nitrogens with one attached hydrogen (secondary N) is 1. The van der Waals surface area contributed by atoms with E-state index >= 15 is 0 Å². The summed E-state index contributed by atoms with van der Waals surface area (Å²) in [4.78, 5) is 34.8. The number of nitrogens with zero attached hydrogens (tertiary/aromatic N) is 3. The molecule has 2 saturated carbocycles. The molecular formula is C27H41BrN4O4. The Morgan fingerprint density at radius 2 is 1.50 bits per heavy atom. The van der Waals surface area contributed by atoms with E-state index in [1.165, 1.54) is 12.8 Å². The van der Waals surface area contributed by atoms with Gasteiger partial charge in [0.05, 0.1) is 13.1 Å². The highest BCUT2D eigenvalue weighted by Gasteiger charge is 2.54. The molecular weight excluding hydrogens is 524 g/mol. The molecule has 8 nitrogen and oxygen atoms in total. The van der Waals surface area contributed by atoms with Gasteiger partial charge in [0.15, 0.2) is 18.2 Å². The lowest BCUT2D eigenvalue weighted by molar-refractivity contribution is -0.939. The van der Waals surface area contributed by atoms with Crippen LogP contribution in [0.5, 0.6) is 0 Å². The van der Waals surface area contributed by atoms with Crippen molar-refractivity contribution in [1.29, 1.82) is 0 Å². The topological polar surface area (TPSA) is 101 Å². The van der Waals surface area contributed by atoms with Gasteiger partial charge in [-0.2, -0.15) is 0 Å². The minimum atomic E-state index is -1.36. The molecule has 1 aromatic heterocycles. The van der Waals surface area contributed by atoms with Crippen molar-refractivity contribution < 1.29 is 40.9 Å². The molecule has 1 amide bonds. The minimum absolute atomic E-state index is 0. The van der Waals surface area contributed by atoms with Crippen LogP contribution in [0.25, 0.3) is 0 Å². The van der Waals surface area contributed by atoms with Gasteiger partial charge in [0.1, 0.15) is 6.54 Å². The summed E-state index contributed by atoms with van der Waals surface area (Å²) in [5, 5.41) is 14.9. The van der Waals surface area contributed by atoms with Gasteiger partial charge in [0, 0.05) is 31.2 Å². The van der Waals surface area contributed by atoms with Crippen LogP contribution in [0.2, 0.25) is 0 Å². The fraction of sp³-hybridized carbons (Fsp3) is 0.778. The number of hydrogen-bond acceptors (Lipinski definition) is 6. The molecule has 1 atom stereocenters. The lowest BCUT2D eigenvalue weighted by Gasteiger charge is -2.52. The van der Waals surface area contributed by atoms with Gasteiger partial charge in [0.25, 0.3) is 5.91 Å². The number of quaternary nitrogens is 1. The number of carbonyl (C=O) groups is 2. The molecule has 1 aromatic rings. The van der Waals surface area contributed by atoms with E-state index in [4.69, 9.17) is 4.74 Å². The molecule has 0 unspecified atom stereocenters. The normalized spacial score (nSPS) is 29.2. The molecule has 5 aliphatic rings. The Balaban J connectivity index is 0.00000304. The van der Waals surface area contributed by atoms with Crippen molar-refractivity contribution in [3.8, 4) is 0 Å². The Labute approximate surface area is 225 Å². The average molecular weight is 566 g/mol. The number of amides is 1. The number of aliphatic hydroxyl groups is 1. The fourth-order valence-corrected chi connectivity index (χ4v) is 7.39. The third-order valence-electron chi connectivity index (χ3n) is 9.38. The highest BCUT2D eigenvalue weighted by Crippen LogP contribution is 2.45. The molecule has 3 aliphatic heterocycles. The predicted octanol–water partition coefficient (Wildman–Crippen LogP) is 0.463. The molecule has 0 radical (unpaired) electrons. The van der Waals surface area contributed by atoms with Crippen LogP contribution in [0.15, 0.2) is 18.5 Å². The Bertz CT molecular complexity index is 863. The third kappa shape index (κ3) is 5.78. The Kier molecular flexibility index (Phi) is 9.05. The maximum atomic E-state index is 13.8. The Hall–Kier alpha value is -1.58. The van der Waals surface area contributed by atoms with Crippen LogP contribution in [0.4, 0.5) is 5.95 Å². The molecule has 36 heavy (non-hydrogen) atoms. The smallest absolute Gasteiger partial charge is 0.339 e. The van der Waals surface area contributed by atoms with Crippen molar-refractivity contribution in [3.63, 3.8) is 0 Å². The molecule has 6 rings (SSSR count). The lowest BCUT2D eigenvalue weighted by atomic mass is 9.66. The monoisotopic (exact) mass is 564 g/mol. The van der Waals surface area contributed by atoms with Crippen LogP contribution in [-0.2, 0) is 14.3 Å². The number of piperidine rings is 3. The van der Waals surface area contributed by atoms with E-state index in [1.807, 2.05) is 0 Å². The van der Waals surface area contributed by atoms with Gasteiger partial charge in [-0.1, -0.05) is 38.5 Å². The van der Waals surface area contributed by atoms with Crippen LogP contribution in [-0.4, -0.2) is 69.3 Å². The Morgan fingerprint density at radius 1 is 0.944 bits per heavy atom. The zero-order valence-corrected chi connectivity index (χ0v) is 22.8. The van der Waals surface area contributed by atoms with Crippen molar-refractivity contribution in [2.45, 2.75) is 88.8 Å². The molecule has 2 N–H and O–H groups in total. The van der Waals surface area contributed by atoms with Crippen molar-refractivity contribution in [2.24, 2.45) is 17.8 Å². The van der Waals surface area contributed by atoms with Crippen molar-refractivity contribution >= 4 is 17.8 Å². The van der Waals surface area contributed by atoms with E-state index in [9.17, 15) is 14.7 Å². The number of esters is 1. The number of ether oxygens (including phenoxy) is 1. The van der Waals surface area contributed by atoms with Gasteiger partial charge in [-0.05, 0) is 43.6 Å². The van der Waals surface area contributed by atoms with E-state index in [1.54, 1.807) is 18.5 Å². The van der Waals surface area contributed by atoms with Crippen molar-refractivity contribution in [2.75, 3.05) is 31.5 Å². The summed E-state index contributed by atoms with van der Waals surface area (Å²) in [5.74, 6) is 0.162. The number of halogens is 1. The van der Waals surface area contributed by atoms with Gasteiger partial charge in [-0.3, -0.25) is 10.1 Å². The number of fused-ring (bicyclic) bond motifs is 3. The first kappa shape index (κ1) is 27.5. The molecule has 2 bridgehead atoms. The number of hydrogen-bond donors (Lipinski definition) is 2. The Morgan fingerprint density at radius 3 is 2.06 bits per heavy atom. The average Bonchev–Trinajstić information content (AvgIpc) is 2.90. The molecule has 3 saturated heterocycles. The molecule has 2 aliphatic carbocycles. The van der Waals surface area contributed by atoms with E-state index in [2.05, 4.69) is 15.3 Å². The maximum absolute atomic E-state index is 13.8. The quantitative estimate of drug-likeness (QED) is 0.368. The van der Waals surface area contributed by atoms with Crippen LogP contribution in [0.1, 0.15) is 77.0 Å². The maximum Gasteiger partial charge on any atom is 0.339 e. The minimum Gasteiger partial charge on any atom is -1.00 e. The number of aromatic nitrogens is 2. The number of carbonyl (C=O) groups excluding carboxylic acids is 2. The lowest BCUT2D eigenvalue weighted by Crippen LogP contribution is -3.00. The summed E-state index contributed by atoms with van der Waals surface area (Å²) in [5.41, 5.74) is -1.36. The van der Waals surface area contributed by atoms with Gasteiger partial charge in [-0.25, -0.2) is 14.8 Å². The van der Waals surface area contributed by atoms with Crippen LogP contribution >= 0.6 is 0 Å². The third-order valence-corrected chi connectivity index (χ3v) is 9.38. The molecule has 0 spiro atoms. The summed E-state index contributed by atoms with van der Waals surface area (Å²) < 4.78 is 6.88. The standard InChI is InChI=1S/C27H40N4O4.BrH/c32-24(30-26-28-14-7-15-29-26)19-31-16-12-20(13-17-31)23(18-31)35-25(33)27(34,21-8-3-1-4-9-21)22-10-5-2-6-11-22;/h7,14-15,20-23,34H,1-6,8-13,16-19H2;1H/t20?,23-,31?;/m0./s1. The highest BCUT2D eigenvalue weighted by molar-refractivity contribution is 5.89. The molecule has 0 aromatic carbocycles. The van der Waals surface area contributed by atoms with Gasteiger partial charge < -0.3 is 31.3 Å². The summed E-state index contributed by atoms with van der Waals surface area (Å²) in [6.45, 7) is 2.80. The summed E-state index contributed by atoms with van der Waals surface area (Å²) in [7, 11) is 0. The highest BCUT2D eigenvalue weighted by atomic mass is 79.9. The summed E-state index contributed by atoms with van der Waals surface area (Å²) in [6, 6.07) is 1.72. The van der Waals surface area contributed by atoms with E-state index in [-0.39, 0.29) is 46.8 Å². The first-order valence-corrected chi connectivity index (χ1v) is 13.8. The first-order chi connectivity index (χ1) is 17.0. The molecule has 9 heteroatoms. The van der Waals surface area contributed by atoms with Crippen LogP contribution in [0, 0.1) is 17.8 Å². The predicted molar refractivity (Wildman–Crippen MR) is 131 cm³/mol. The molecule has 4 heterocycles. The van der Waals surface area contributed by atoms with Crippen molar-refractivity contribution in [3.05, 3.63) is 18.5 Å². The van der Waals surface area contributed by atoms with Crippen LogP contribution in [0.3, 0.4) is 0 Å². The van der Waals surface area contributed by atoms with Crippen molar-refractivity contribution in [1.82, 2.24) is 9.97 Å². The SMILES string of the molecule is O=C(C[N+]12CCC(CC1)[C@@H](OC(=O)C(O)(C1CCCCC1)C1CCCCC1)C2)Nc1ncccn1.[Br-]. The van der Waals surface area contributed by atoms with E-state index in [0.717, 1.165) is 77.3 Å². The number of rotatable bonds is 7. The van der Waals surface area contributed by atoms with Crippen LogP contribution < -0.4 is 22.3 Å². The van der Waals surface area contributed by atoms with Gasteiger partial charge in [-0.15, -0.1) is 0 Å².